The van der Waals surface area contributed by atoms with Gasteiger partial charge in [-0.3, -0.25) is 0 Å². The van der Waals surface area contributed by atoms with Gasteiger partial charge in [-0.15, -0.1) is 0 Å². The Morgan fingerprint density at radius 2 is 2.12 bits per heavy atom. The molecule has 0 amide bonds. The third-order valence-electron chi connectivity index (χ3n) is 4.31. The summed E-state index contributed by atoms with van der Waals surface area (Å²) >= 11 is 0. The van der Waals surface area contributed by atoms with Crippen molar-refractivity contribution >= 4 is 0 Å². The van der Waals surface area contributed by atoms with Crippen LogP contribution >= 0.6 is 0 Å². The lowest BCUT2D eigenvalue weighted by Crippen LogP contribution is -2.43. The number of methoxy groups -OCH3 is 1. The molecule has 96 valence electrons. The molecule has 1 rings (SSSR count). The first-order chi connectivity index (χ1) is 7.61. The van der Waals surface area contributed by atoms with Gasteiger partial charge >= 0.3 is 0 Å². The Labute approximate surface area is 101 Å². The second kappa shape index (κ2) is 6.61. The van der Waals surface area contributed by atoms with Crippen LogP contribution in [0, 0.1) is 11.3 Å². The van der Waals surface area contributed by atoms with E-state index in [1.54, 1.807) is 7.11 Å². The van der Waals surface area contributed by atoms with Crippen LogP contribution in [0.4, 0.5) is 0 Å². The number of hydrogen-bond donors (Lipinski definition) is 1. The van der Waals surface area contributed by atoms with E-state index in [9.17, 15) is 0 Å². The molecule has 0 aromatic heterocycles. The van der Waals surface area contributed by atoms with Gasteiger partial charge in [0.15, 0.2) is 0 Å². The monoisotopic (exact) mass is 227 g/mol. The van der Waals surface area contributed by atoms with E-state index in [-0.39, 0.29) is 0 Å². The maximum atomic E-state index is 5.15. The van der Waals surface area contributed by atoms with Crippen molar-refractivity contribution in [2.45, 2.75) is 58.4 Å². The van der Waals surface area contributed by atoms with E-state index in [1.807, 2.05) is 0 Å². The molecule has 2 heteroatoms. The van der Waals surface area contributed by atoms with E-state index in [1.165, 1.54) is 38.5 Å². The summed E-state index contributed by atoms with van der Waals surface area (Å²) in [5.74, 6) is 0.836. The summed E-state index contributed by atoms with van der Waals surface area (Å²) < 4.78 is 5.15. The number of ether oxygens (including phenoxy) is 1. The zero-order valence-electron chi connectivity index (χ0n) is 11.5. The molecule has 0 heterocycles. The highest BCUT2D eigenvalue weighted by Gasteiger charge is 2.36. The van der Waals surface area contributed by atoms with Crippen molar-refractivity contribution in [3.05, 3.63) is 0 Å². The van der Waals surface area contributed by atoms with Crippen molar-refractivity contribution in [3.8, 4) is 0 Å². The maximum absolute atomic E-state index is 5.15. The van der Waals surface area contributed by atoms with Crippen LogP contribution in [0.1, 0.15) is 52.4 Å². The summed E-state index contributed by atoms with van der Waals surface area (Å²) in [6.45, 7) is 5.78. The zero-order valence-corrected chi connectivity index (χ0v) is 11.5. The molecular formula is C14H29NO. The van der Waals surface area contributed by atoms with Crippen LogP contribution in [0.15, 0.2) is 0 Å². The average Bonchev–Trinajstić information content (AvgIpc) is 2.25. The van der Waals surface area contributed by atoms with E-state index in [0.29, 0.717) is 11.5 Å². The normalized spacial score (nSPS) is 26.6. The van der Waals surface area contributed by atoms with Crippen LogP contribution < -0.4 is 5.32 Å². The van der Waals surface area contributed by atoms with E-state index in [0.717, 1.165) is 12.5 Å². The largest absolute Gasteiger partial charge is 0.385 e. The Hall–Kier alpha value is -0.0800. The molecule has 0 aliphatic heterocycles. The van der Waals surface area contributed by atoms with Gasteiger partial charge in [0, 0.05) is 19.8 Å². The highest BCUT2D eigenvalue weighted by atomic mass is 16.5. The van der Waals surface area contributed by atoms with E-state index in [4.69, 9.17) is 4.74 Å². The van der Waals surface area contributed by atoms with Crippen molar-refractivity contribution in [3.63, 3.8) is 0 Å². The predicted octanol–water partition coefficient (Wildman–Crippen LogP) is 3.22. The standard InChI is InChI=1S/C14H29NO/c1-14(2)10-6-5-8-12(14)13(15-3)9-7-11-16-4/h12-13,15H,5-11H2,1-4H3. The van der Waals surface area contributed by atoms with Crippen molar-refractivity contribution < 1.29 is 4.74 Å². The molecule has 0 aromatic carbocycles. The van der Waals surface area contributed by atoms with Gasteiger partial charge in [-0.1, -0.05) is 26.7 Å². The lowest BCUT2D eigenvalue weighted by Gasteiger charge is -2.43. The molecule has 1 aliphatic rings. The lowest BCUT2D eigenvalue weighted by molar-refractivity contribution is 0.0918. The molecule has 1 N–H and O–H groups in total. The van der Waals surface area contributed by atoms with Crippen molar-refractivity contribution in [2.24, 2.45) is 11.3 Å². The Bertz CT molecular complexity index is 191. The summed E-state index contributed by atoms with van der Waals surface area (Å²) in [5, 5.41) is 3.53. The summed E-state index contributed by atoms with van der Waals surface area (Å²) in [4.78, 5) is 0. The Morgan fingerprint density at radius 1 is 1.38 bits per heavy atom. The van der Waals surface area contributed by atoms with Crippen LogP contribution in [-0.2, 0) is 4.74 Å². The predicted molar refractivity (Wildman–Crippen MR) is 69.7 cm³/mol. The smallest absolute Gasteiger partial charge is 0.0462 e. The summed E-state index contributed by atoms with van der Waals surface area (Å²) in [5.41, 5.74) is 0.513. The Morgan fingerprint density at radius 3 is 2.69 bits per heavy atom. The van der Waals surface area contributed by atoms with Gasteiger partial charge in [-0.2, -0.15) is 0 Å². The maximum Gasteiger partial charge on any atom is 0.0462 e. The van der Waals surface area contributed by atoms with Gasteiger partial charge in [0.2, 0.25) is 0 Å². The summed E-state index contributed by atoms with van der Waals surface area (Å²) in [6.07, 6.45) is 8.03. The molecule has 2 unspecified atom stereocenters. The van der Waals surface area contributed by atoms with E-state index >= 15 is 0 Å². The summed E-state index contributed by atoms with van der Waals surface area (Å²) in [7, 11) is 3.90. The minimum Gasteiger partial charge on any atom is -0.385 e. The minimum absolute atomic E-state index is 0.513. The second-order valence-electron chi connectivity index (χ2n) is 5.87. The molecule has 0 saturated heterocycles. The second-order valence-corrected chi connectivity index (χ2v) is 5.87. The van der Waals surface area contributed by atoms with Crippen LogP contribution in [0.5, 0.6) is 0 Å². The SMILES string of the molecule is CNC(CCCOC)C1CCCCC1(C)C. The van der Waals surface area contributed by atoms with E-state index in [2.05, 4.69) is 26.2 Å². The first-order valence-electron chi connectivity index (χ1n) is 6.78. The quantitative estimate of drug-likeness (QED) is 0.704. The van der Waals surface area contributed by atoms with Gasteiger partial charge in [0.1, 0.15) is 0 Å². The van der Waals surface area contributed by atoms with Gasteiger partial charge in [-0.25, -0.2) is 0 Å². The Balaban J connectivity index is 2.49. The van der Waals surface area contributed by atoms with Crippen LogP contribution in [0.3, 0.4) is 0 Å². The molecule has 1 fully saturated rings. The highest BCUT2D eigenvalue weighted by Crippen LogP contribution is 2.43. The third kappa shape index (κ3) is 3.74. The van der Waals surface area contributed by atoms with Crippen molar-refractivity contribution in [1.82, 2.24) is 5.32 Å². The molecule has 0 aromatic rings. The van der Waals surface area contributed by atoms with Gasteiger partial charge in [-0.05, 0) is 44.1 Å². The van der Waals surface area contributed by atoms with Gasteiger partial charge in [0.05, 0.1) is 0 Å². The molecule has 1 aliphatic carbocycles. The fourth-order valence-corrected chi connectivity index (χ4v) is 3.26. The van der Waals surface area contributed by atoms with Crippen LogP contribution in [-0.4, -0.2) is 26.8 Å². The van der Waals surface area contributed by atoms with E-state index < -0.39 is 0 Å². The molecule has 1 saturated carbocycles. The highest BCUT2D eigenvalue weighted by molar-refractivity contribution is 4.89. The van der Waals surface area contributed by atoms with Crippen LogP contribution in [0.2, 0.25) is 0 Å². The fraction of sp³-hybridized carbons (Fsp3) is 1.00. The number of nitrogens with one attached hydrogen (secondary N) is 1. The lowest BCUT2D eigenvalue weighted by atomic mass is 9.65. The summed E-state index contributed by atoms with van der Waals surface area (Å²) in [6, 6.07) is 0.672. The number of rotatable bonds is 6. The zero-order chi connectivity index (χ0) is 12.0. The van der Waals surface area contributed by atoms with Gasteiger partial charge in [0.25, 0.3) is 0 Å². The topological polar surface area (TPSA) is 21.3 Å². The molecule has 2 nitrogen and oxygen atoms in total. The molecular weight excluding hydrogens is 198 g/mol. The minimum atomic E-state index is 0.513. The van der Waals surface area contributed by atoms with Gasteiger partial charge < -0.3 is 10.1 Å². The first-order valence-corrected chi connectivity index (χ1v) is 6.78. The molecule has 0 spiro atoms. The van der Waals surface area contributed by atoms with Crippen molar-refractivity contribution in [2.75, 3.05) is 20.8 Å². The molecule has 0 bridgehead atoms. The first kappa shape index (κ1) is 14.0. The molecule has 2 atom stereocenters. The Kier molecular flexibility index (Phi) is 5.77. The number of hydrogen-bond acceptors (Lipinski definition) is 2. The fourth-order valence-electron chi connectivity index (χ4n) is 3.26. The molecule has 0 radical (unpaired) electrons. The average molecular weight is 227 g/mol. The van der Waals surface area contributed by atoms with Crippen molar-refractivity contribution in [1.29, 1.82) is 0 Å². The third-order valence-corrected chi connectivity index (χ3v) is 4.31. The van der Waals surface area contributed by atoms with Crippen LogP contribution in [0.25, 0.3) is 0 Å². The molecule has 16 heavy (non-hydrogen) atoms.